The lowest BCUT2D eigenvalue weighted by atomic mass is 10.2. The number of hydrogen-bond donors (Lipinski definition) is 2. The van der Waals surface area contributed by atoms with E-state index >= 15 is 0 Å². The summed E-state index contributed by atoms with van der Waals surface area (Å²) in [7, 11) is 1.57. The van der Waals surface area contributed by atoms with Crippen molar-refractivity contribution in [2.24, 2.45) is 0 Å². The zero-order valence-corrected chi connectivity index (χ0v) is 17.9. The number of methoxy groups -OCH3 is 1. The fourth-order valence-electron chi connectivity index (χ4n) is 2.21. The summed E-state index contributed by atoms with van der Waals surface area (Å²) < 4.78 is 5.13. The SMILES string of the molecule is COc1cccc(NC(=O)Nc2nnc(CSCc3ccc(Cl)cc3Cl)s2)c1. The molecule has 0 atom stereocenters. The van der Waals surface area contributed by atoms with E-state index in [0.717, 1.165) is 16.3 Å². The number of amides is 2. The molecule has 0 unspecified atom stereocenters. The number of carbonyl (C=O) groups is 1. The molecule has 28 heavy (non-hydrogen) atoms. The van der Waals surface area contributed by atoms with Crippen molar-refractivity contribution >= 4 is 63.2 Å². The highest BCUT2D eigenvalue weighted by molar-refractivity contribution is 7.97. The number of rotatable bonds is 7. The molecule has 10 heteroatoms. The fourth-order valence-corrected chi connectivity index (χ4v) is 4.59. The van der Waals surface area contributed by atoms with Gasteiger partial charge in [-0.25, -0.2) is 4.79 Å². The Kier molecular flexibility index (Phi) is 7.38. The second kappa shape index (κ2) is 9.97. The number of nitrogens with zero attached hydrogens (tertiary/aromatic N) is 2. The van der Waals surface area contributed by atoms with Crippen molar-refractivity contribution in [1.82, 2.24) is 10.2 Å². The first kappa shape index (κ1) is 20.7. The molecule has 3 aromatic rings. The summed E-state index contributed by atoms with van der Waals surface area (Å²) in [5.74, 6) is 2.05. The lowest BCUT2D eigenvalue weighted by Crippen LogP contribution is -2.19. The average Bonchev–Trinajstić information content (AvgIpc) is 3.10. The molecule has 1 heterocycles. The van der Waals surface area contributed by atoms with Crippen LogP contribution in [0.1, 0.15) is 10.6 Å². The first-order valence-electron chi connectivity index (χ1n) is 8.09. The quantitative estimate of drug-likeness (QED) is 0.462. The van der Waals surface area contributed by atoms with Gasteiger partial charge >= 0.3 is 6.03 Å². The van der Waals surface area contributed by atoms with Crippen molar-refractivity contribution < 1.29 is 9.53 Å². The number of anilines is 2. The zero-order chi connectivity index (χ0) is 19.9. The molecule has 0 aliphatic heterocycles. The molecular weight excluding hydrogens is 439 g/mol. The van der Waals surface area contributed by atoms with Crippen molar-refractivity contribution in [3.63, 3.8) is 0 Å². The monoisotopic (exact) mass is 454 g/mol. The van der Waals surface area contributed by atoms with Crippen LogP contribution in [-0.4, -0.2) is 23.3 Å². The number of ether oxygens (including phenoxy) is 1. The summed E-state index contributed by atoms with van der Waals surface area (Å²) in [5, 5.41) is 16.0. The van der Waals surface area contributed by atoms with Gasteiger partial charge in [0.25, 0.3) is 0 Å². The molecule has 146 valence electrons. The van der Waals surface area contributed by atoms with Gasteiger partial charge in [0.2, 0.25) is 5.13 Å². The van der Waals surface area contributed by atoms with Gasteiger partial charge in [-0.05, 0) is 29.8 Å². The standard InChI is InChI=1S/C18H16Cl2N4O2S2/c1-26-14-4-2-3-13(8-14)21-17(25)22-18-24-23-16(28-18)10-27-9-11-5-6-12(19)7-15(11)20/h2-8H,9-10H2,1H3,(H2,21,22,24,25). The van der Waals surface area contributed by atoms with Gasteiger partial charge in [-0.2, -0.15) is 0 Å². The third-order valence-corrected chi connectivity index (χ3v) is 6.11. The van der Waals surface area contributed by atoms with E-state index in [-0.39, 0.29) is 0 Å². The van der Waals surface area contributed by atoms with E-state index < -0.39 is 6.03 Å². The molecule has 0 aliphatic carbocycles. The number of aromatic nitrogens is 2. The van der Waals surface area contributed by atoms with Gasteiger partial charge in [0, 0.05) is 33.3 Å². The maximum atomic E-state index is 12.1. The predicted molar refractivity (Wildman–Crippen MR) is 117 cm³/mol. The lowest BCUT2D eigenvalue weighted by Gasteiger charge is -2.06. The normalized spacial score (nSPS) is 10.5. The van der Waals surface area contributed by atoms with Gasteiger partial charge in [0.15, 0.2) is 0 Å². The Morgan fingerprint density at radius 1 is 1.14 bits per heavy atom. The Balaban J connectivity index is 1.48. The van der Waals surface area contributed by atoms with E-state index in [4.69, 9.17) is 27.9 Å². The molecule has 0 saturated heterocycles. The highest BCUT2D eigenvalue weighted by atomic mass is 35.5. The van der Waals surface area contributed by atoms with Crippen molar-refractivity contribution in [2.75, 3.05) is 17.7 Å². The van der Waals surface area contributed by atoms with E-state index in [9.17, 15) is 4.79 Å². The van der Waals surface area contributed by atoms with Gasteiger partial charge in [-0.15, -0.1) is 22.0 Å². The van der Waals surface area contributed by atoms with Crippen LogP contribution >= 0.6 is 46.3 Å². The Bertz CT molecular complexity index is 968. The molecule has 0 bridgehead atoms. The molecule has 0 aliphatic rings. The summed E-state index contributed by atoms with van der Waals surface area (Å²) >= 11 is 15.1. The molecule has 1 aromatic heterocycles. The molecule has 0 spiro atoms. The molecule has 6 nitrogen and oxygen atoms in total. The molecular formula is C18H16Cl2N4O2S2. The Hall–Kier alpha value is -2.00. The number of hydrogen-bond acceptors (Lipinski definition) is 6. The first-order chi connectivity index (χ1) is 13.5. The lowest BCUT2D eigenvalue weighted by molar-refractivity contribution is 0.262. The van der Waals surface area contributed by atoms with Gasteiger partial charge in [0.05, 0.1) is 7.11 Å². The first-order valence-corrected chi connectivity index (χ1v) is 10.8. The van der Waals surface area contributed by atoms with Crippen molar-refractivity contribution in [2.45, 2.75) is 11.5 Å². The Labute approximate surface area is 180 Å². The van der Waals surface area contributed by atoms with Crippen LogP contribution in [0.3, 0.4) is 0 Å². The fraction of sp³-hybridized carbons (Fsp3) is 0.167. The smallest absolute Gasteiger partial charge is 0.325 e. The van der Waals surface area contributed by atoms with E-state index in [0.29, 0.717) is 32.4 Å². The van der Waals surface area contributed by atoms with Gasteiger partial charge < -0.3 is 10.1 Å². The van der Waals surface area contributed by atoms with Crippen LogP contribution in [0.2, 0.25) is 10.0 Å². The molecule has 3 rings (SSSR count). The second-order valence-corrected chi connectivity index (χ2v) is 8.43. The maximum absolute atomic E-state index is 12.1. The summed E-state index contributed by atoms with van der Waals surface area (Å²) in [4.78, 5) is 12.1. The second-order valence-electron chi connectivity index (χ2n) is 5.54. The number of nitrogens with one attached hydrogen (secondary N) is 2. The summed E-state index contributed by atoms with van der Waals surface area (Å²) in [6, 6.07) is 12.2. The molecule has 0 fully saturated rings. The Morgan fingerprint density at radius 2 is 2.00 bits per heavy atom. The van der Waals surface area contributed by atoms with E-state index in [1.807, 2.05) is 12.1 Å². The molecule has 2 N–H and O–H groups in total. The minimum Gasteiger partial charge on any atom is -0.497 e. The van der Waals surface area contributed by atoms with Gasteiger partial charge in [-0.3, -0.25) is 5.32 Å². The van der Waals surface area contributed by atoms with E-state index in [2.05, 4.69) is 20.8 Å². The van der Waals surface area contributed by atoms with Crippen LogP contribution in [0, 0.1) is 0 Å². The summed E-state index contributed by atoms with van der Waals surface area (Å²) in [5.41, 5.74) is 1.63. The van der Waals surface area contributed by atoms with Gasteiger partial charge in [-0.1, -0.05) is 46.7 Å². The number of carbonyl (C=O) groups excluding carboxylic acids is 1. The minimum atomic E-state index is -0.392. The van der Waals surface area contributed by atoms with Crippen molar-refractivity contribution in [3.05, 3.63) is 63.1 Å². The van der Waals surface area contributed by atoms with Crippen LogP contribution in [-0.2, 0) is 11.5 Å². The maximum Gasteiger partial charge on any atom is 0.325 e. The predicted octanol–water partition coefficient (Wildman–Crippen LogP) is 5.93. The molecule has 0 radical (unpaired) electrons. The highest BCUT2D eigenvalue weighted by Gasteiger charge is 2.10. The van der Waals surface area contributed by atoms with Crippen LogP contribution in [0.25, 0.3) is 0 Å². The third kappa shape index (κ3) is 6.00. The van der Waals surface area contributed by atoms with Crippen LogP contribution in [0.15, 0.2) is 42.5 Å². The van der Waals surface area contributed by atoms with Crippen LogP contribution < -0.4 is 15.4 Å². The van der Waals surface area contributed by atoms with Crippen LogP contribution in [0.5, 0.6) is 5.75 Å². The molecule has 0 saturated carbocycles. The van der Waals surface area contributed by atoms with E-state index in [1.54, 1.807) is 49.2 Å². The number of halogens is 2. The zero-order valence-electron chi connectivity index (χ0n) is 14.7. The van der Waals surface area contributed by atoms with Gasteiger partial charge in [0.1, 0.15) is 10.8 Å². The largest absolute Gasteiger partial charge is 0.497 e. The number of urea groups is 1. The van der Waals surface area contributed by atoms with Crippen LogP contribution in [0.4, 0.5) is 15.6 Å². The van der Waals surface area contributed by atoms with Crippen molar-refractivity contribution in [3.8, 4) is 5.75 Å². The number of benzene rings is 2. The minimum absolute atomic E-state index is 0.392. The molecule has 2 aromatic carbocycles. The Morgan fingerprint density at radius 3 is 2.79 bits per heavy atom. The third-order valence-electron chi connectivity index (χ3n) is 3.51. The average molecular weight is 455 g/mol. The summed E-state index contributed by atoms with van der Waals surface area (Å²) in [6.07, 6.45) is 0. The van der Waals surface area contributed by atoms with Crippen molar-refractivity contribution in [1.29, 1.82) is 0 Å². The number of thioether (sulfide) groups is 1. The van der Waals surface area contributed by atoms with E-state index in [1.165, 1.54) is 11.3 Å². The highest BCUT2D eigenvalue weighted by Crippen LogP contribution is 2.27. The summed E-state index contributed by atoms with van der Waals surface area (Å²) in [6.45, 7) is 0. The molecule has 2 amide bonds. The topological polar surface area (TPSA) is 76.1 Å².